The van der Waals surface area contributed by atoms with E-state index in [1.807, 2.05) is 19.0 Å². The number of hydrogen-bond donors (Lipinski definition) is 3. The van der Waals surface area contributed by atoms with Gasteiger partial charge in [-0.3, -0.25) is 15.0 Å². The van der Waals surface area contributed by atoms with E-state index in [1.54, 1.807) is 12.3 Å². The SMILES string of the molecule is CN(C)CC#Cc1c[nH]c2nccc(Oc3ccc(NC(=O)NC(=O)Cc4ccc(F)cc4)cc3F)c12. The Bertz CT molecular complexity index is 1500. The average molecular weight is 504 g/mol. The van der Waals surface area contributed by atoms with Crippen LogP contribution in [-0.4, -0.2) is 47.4 Å². The van der Waals surface area contributed by atoms with Crippen LogP contribution in [0.2, 0.25) is 0 Å². The van der Waals surface area contributed by atoms with Gasteiger partial charge in [0, 0.05) is 24.1 Å². The highest BCUT2D eigenvalue weighted by atomic mass is 19.1. The van der Waals surface area contributed by atoms with Gasteiger partial charge in [-0.15, -0.1) is 0 Å². The quantitative estimate of drug-likeness (QED) is 0.338. The maximum absolute atomic E-state index is 14.8. The topological polar surface area (TPSA) is 99.3 Å². The maximum atomic E-state index is 14.8. The van der Waals surface area contributed by atoms with Gasteiger partial charge in [0.25, 0.3) is 0 Å². The van der Waals surface area contributed by atoms with E-state index in [9.17, 15) is 18.4 Å². The smallest absolute Gasteiger partial charge is 0.325 e. The summed E-state index contributed by atoms with van der Waals surface area (Å²) in [5, 5.41) is 5.17. The van der Waals surface area contributed by atoms with Crippen molar-refractivity contribution < 1.29 is 23.1 Å². The molecule has 2 aromatic heterocycles. The number of benzene rings is 2. The van der Waals surface area contributed by atoms with Crippen LogP contribution >= 0.6 is 0 Å². The molecular weight excluding hydrogens is 480 g/mol. The zero-order valence-corrected chi connectivity index (χ0v) is 20.1. The van der Waals surface area contributed by atoms with E-state index >= 15 is 0 Å². The van der Waals surface area contributed by atoms with Gasteiger partial charge in [0.05, 0.1) is 23.9 Å². The van der Waals surface area contributed by atoms with Crippen LogP contribution in [0, 0.1) is 23.5 Å². The third-order valence-corrected chi connectivity index (χ3v) is 5.09. The van der Waals surface area contributed by atoms with Crippen molar-refractivity contribution in [1.29, 1.82) is 0 Å². The molecule has 0 unspecified atom stereocenters. The van der Waals surface area contributed by atoms with Gasteiger partial charge in [0.1, 0.15) is 17.2 Å². The van der Waals surface area contributed by atoms with E-state index in [2.05, 4.69) is 32.4 Å². The fraction of sp³-hybridized carbons (Fsp3) is 0.148. The van der Waals surface area contributed by atoms with E-state index in [0.29, 0.717) is 34.5 Å². The summed E-state index contributed by atoms with van der Waals surface area (Å²) in [5.41, 5.74) is 1.88. The lowest BCUT2D eigenvalue weighted by Gasteiger charge is -2.11. The highest BCUT2D eigenvalue weighted by molar-refractivity contribution is 6.01. The Morgan fingerprint density at radius 2 is 1.86 bits per heavy atom. The van der Waals surface area contributed by atoms with Gasteiger partial charge >= 0.3 is 6.03 Å². The minimum absolute atomic E-state index is 0.0701. The van der Waals surface area contributed by atoms with E-state index < -0.39 is 23.6 Å². The van der Waals surface area contributed by atoms with Crippen LogP contribution in [0.1, 0.15) is 11.1 Å². The van der Waals surface area contributed by atoms with Gasteiger partial charge in [-0.05, 0) is 50.0 Å². The number of nitrogens with one attached hydrogen (secondary N) is 3. The summed E-state index contributed by atoms with van der Waals surface area (Å²) in [6.07, 6.45) is 3.13. The number of H-pyrrole nitrogens is 1. The van der Waals surface area contributed by atoms with E-state index in [1.165, 1.54) is 42.6 Å². The molecule has 0 atom stereocenters. The van der Waals surface area contributed by atoms with Crippen LogP contribution in [0.25, 0.3) is 11.0 Å². The van der Waals surface area contributed by atoms with Crippen LogP contribution in [0.4, 0.5) is 19.3 Å². The molecule has 2 aromatic carbocycles. The number of pyridine rings is 1. The fourth-order valence-corrected chi connectivity index (χ4v) is 3.40. The van der Waals surface area contributed by atoms with E-state index in [4.69, 9.17) is 4.74 Å². The van der Waals surface area contributed by atoms with Crippen LogP contribution < -0.4 is 15.4 Å². The minimum atomic E-state index is -0.829. The first kappa shape index (κ1) is 25.3. The van der Waals surface area contributed by atoms with Crippen molar-refractivity contribution in [2.75, 3.05) is 26.0 Å². The number of anilines is 1. The van der Waals surface area contributed by atoms with Gasteiger partial charge < -0.3 is 15.0 Å². The molecular formula is C27H23F2N5O3. The van der Waals surface area contributed by atoms with Crippen molar-refractivity contribution in [2.24, 2.45) is 0 Å². The van der Waals surface area contributed by atoms with E-state index in [0.717, 1.165) is 6.07 Å². The third-order valence-electron chi connectivity index (χ3n) is 5.09. The summed E-state index contributed by atoms with van der Waals surface area (Å²) in [7, 11) is 3.83. The van der Waals surface area contributed by atoms with Crippen molar-refractivity contribution in [3.05, 3.63) is 83.7 Å². The number of carbonyl (C=O) groups is 2. The Hall–Kier alpha value is -4.75. The number of ether oxygens (including phenoxy) is 1. The molecule has 0 aliphatic heterocycles. The maximum Gasteiger partial charge on any atom is 0.325 e. The number of aromatic nitrogens is 2. The first-order valence-electron chi connectivity index (χ1n) is 11.2. The molecule has 0 aliphatic rings. The Balaban J connectivity index is 1.43. The monoisotopic (exact) mass is 503 g/mol. The number of aromatic amines is 1. The molecule has 3 amide bonds. The first-order chi connectivity index (χ1) is 17.8. The van der Waals surface area contributed by atoms with Crippen molar-refractivity contribution in [3.63, 3.8) is 0 Å². The Morgan fingerprint density at radius 1 is 1.08 bits per heavy atom. The standard InChI is InChI=1S/C27H23F2N5O3/c1-34(2)13-3-4-18-16-31-26-25(18)23(11-12-30-26)37-22-10-9-20(15-21(22)29)32-27(36)33-24(35)14-17-5-7-19(28)8-6-17/h5-12,15-16H,13-14H2,1-2H3,(H,30,31)(H2,32,33,35,36). The molecule has 3 N–H and O–H groups in total. The van der Waals surface area contributed by atoms with Crippen LogP contribution in [-0.2, 0) is 11.2 Å². The molecule has 4 aromatic rings. The molecule has 8 nitrogen and oxygen atoms in total. The highest BCUT2D eigenvalue weighted by Crippen LogP contribution is 2.33. The number of amides is 3. The van der Waals surface area contributed by atoms with Crippen LogP contribution in [0.5, 0.6) is 11.5 Å². The molecule has 0 radical (unpaired) electrons. The molecule has 0 saturated carbocycles. The van der Waals surface area contributed by atoms with Crippen molar-refractivity contribution in [3.8, 4) is 23.3 Å². The van der Waals surface area contributed by atoms with Crippen molar-refractivity contribution >= 4 is 28.7 Å². The second kappa shape index (κ2) is 11.3. The molecule has 10 heteroatoms. The van der Waals surface area contributed by atoms with Gasteiger partial charge in [-0.25, -0.2) is 18.6 Å². The predicted molar refractivity (Wildman–Crippen MR) is 135 cm³/mol. The predicted octanol–water partition coefficient (Wildman–Crippen LogP) is 4.44. The van der Waals surface area contributed by atoms with Crippen LogP contribution in [0.3, 0.4) is 0 Å². The Labute approximate surface area is 211 Å². The molecule has 4 rings (SSSR count). The number of halogens is 2. The average Bonchev–Trinajstić information content (AvgIpc) is 3.26. The fourth-order valence-electron chi connectivity index (χ4n) is 3.40. The minimum Gasteiger partial charge on any atom is -0.453 e. The summed E-state index contributed by atoms with van der Waals surface area (Å²) in [4.78, 5) is 33.4. The van der Waals surface area contributed by atoms with E-state index in [-0.39, 0.29) is 17.9 Å². The molecule has 188 valence electrons. The summed E-state index contributed by atoms with van der Waals surface area (Å²) in [6, 6.07) is 10.0. The normalized spacial score (nSPS) is 10.6. The van der Waals surface area contributed by atoms with Crippen molar-refractivity contribution in [1.82, 2.24) is 20.2 Å². The second-order valence-corrected chi connectivity index (χ2v) is 8.33. The molecule has 0 aliphatic carbocycles. The second-order valence-electron chi connectivity index (χ2n) is 8.33. The largest absolute Gasteiger partial charge is 0.453 e. The first-order valence-corrected chi connectivity index (χ1v) is 11.2. The lowest BCUT2D eigenvalue weighted by atomic mass is 10.1. The lowest BCUT2D eigenvalue weighted by molar-refractivity contribution is -0.119. The Morgan fingerprint density at radius 3 is 2.59 bits per heavy atom. The van der Waals surface area contributed by atoms with Gasteiger partial charge in [0.15, 0.2) is 11.6 Å². The summed E-state index contributed by atoms with van der Waals surface area (Å²) in [5.74, 6) is 4.67. The number of imide groups is 1. The molecule has 0 saturated heterocycles. The number of fused-ring (bicyclic) bond motifs is 1. The van der Waals surface area contributed by atoms with Gasteiger partial charge in [-0.1, -0.05) is 24.0 Å². The zero-order chi connectivity index (χ0) is 26.4. The number of carbonyl (C=O) groups excluding carboxylic acids is 2. The summed E-state index contributed by atoms with van der Waals surface area (Å²) >= 11 is 0. The Kier molecular flexibility index (Phi) is 7.76. The molecule has 37 heavy (non-hydrogen) atoms. The van der Waals surface area contributed by atoms with Crippen molar-refractivity contribution in [2.45, 2.75) is 6.42 Å². The zero-order valence-electron chi connectivity index (χ0n) is 20.1. The summed E-state index contributed by atoms with van der Waals surface area (Å²) < 4.78 is 33.6. The molecule has 0 bridgehead atoms. The van der Waals surface area contributed by atoms with Crippen LogP contribution in [0.15, 0.2) is 60.9 Å². The highest BCUT2D eigenvalue weighted by Gasteiger charge is 2.14. The summed E-state index contributed by atoms with van der Waals surface area (Å²) in [6.45, 7) is 0.567. The number of urea groups is 1. The van der Waals surface area contributed by atoms with Gasteiger partial charge in [0.2, 0.25) is 5.91 Å². The van der Waals surface area contributed by atoms with Gasteiger partial charge in [-0.2, -0.15) is 0 Å². The molecule has 0 spiro atoms. The molecule has 2 heterocycles. The third kappa shape index (κ3) is 6.68. The number of rotatable bonds is 6. The number of nitrogens with zero attached hydrogens (tertiary/aromatic N) is 2. The molecule has 0 fully saturated rings. The lowest BCUT2D eigenvalue weighted by Crippen LogP contribution is -2.35. The number of hydrogen-bond acceptors (Lipinski definition) is 5.